The minimum absolute atomic E-state index is 0.0486. The number of carbonyl (C=O) groups excluding carboxylic acids is 1. The van der Waals surface area contributed by atoms with Crippen molar-refractivity contribution in [1.29, 1.82) is 0 Å². The van der Waals surface area contributed by atoms with Gasteiger partial charge in [-0.3, -0.25) is 9.36 Å². The number of esters is 1. The smallest absolute Gasteiger partial charge is 0.338 e. The van der Waals surface area contributed by atoms with Crippen LogP contribution in [0.1, 0.15) is 44.9 Å². The van der Waals surface area contributed by atoms with Gasteiger partial charge in [-0.1, -0.05) is 41.1 Å². The van der Waals surface area contributed by atoms with Crippen molar-refractivity contribution >= 4 is 35.0 Å². The van der Waals surface area contributed by atoms with Gasteiger partial charge < -0.3 is 14.2 Å². The number of hydrogen-bond acceptors (Lipinski definition) is 7. The van der Waals surface area contributed by atoms with Crippen molar-refractivity contribution in [3.05, 3.63) is 89.6 Å². The van der Waals surface area contributed by atoms with E-state index in [9.17, 15) is 9.59 Å². The van der Waals surface area contributed by atoms with Crippen LogP contribution in [-0.4, -0.2) is 30.4 Å². The molecule has 0 saturated heterocycles. The second-order valence-electron chi connectivity index (χ2n) is 8.43. The number of halogens is 1. The SMILES string of the molecule is CCOC(=O)C1=C(C)N=c2sc(=Cc3ccc(Cl)cc3)c(=O)n2C1c1ccc(OC(C)C)c(OC)c1. The summed E-state index contributed by atoms with van der Waals surface area (Å²) in [4.78, 5) is 31.9. The van der Waals surface area contributed by atoms with Crippen molar-refractivity contribution < 1.29 is 19.0 Å². The van der Waals surface area contributed by atoms with Gasteiger partial charge in [-0.25, -0.2) is 9.79 Å². The first-order chi connectivity index (χ1) is 17.2. The molecule has 188 valence electrons. The predicted octanol–water partition coefficient (Wildman–Crippen LogP) is 4.25. The number of carbonyl (C=O) groups is 1. The van der Waals surface area contributed by atoms with Crippen LogP contribution in [0.3, 0.4) is 0 Å². The molecule has 1 atom stereocenters. The van der Waals surface area contributed by atoms with E-state index in [-0.39, 0.29) is 18.3 Å². The Morgan fingerprint density at radius 3 is 2.56 bits per heavy atom. The van der Waals surface area contributed by atoms with Gasteiger partial charge >= 0.3 is 5.97 Å². The molecule has 0 radical (unpaired) electrons. The Morgan fingerprint density at radius 1 is 1.19 bits per heavy atom. The van der Waals surface area contributed by atoms with Gasteiger partial charge in [-0.2, -0.15) is 0 Å². The number of benzene rings is 2. The summed E-state index contributed by atoms with van der Waals surface area (Å²) in [5.74, 6) is 0.560. The molecule has 1 aliphatic heterocycles. The van der Waals surface area contributed by atoms with Gasteiger partial charge in [0.25, 0.3) is 5.56 Å². The van der Waals surface area contributed by atoms with Crippen molar-refractivity contribution in [2.24, 2.45) is 4.99 Å². The zero-order valence-electron chi connectivity index (χ0n) is 20.7. The first kappa shape index (κ1) is 25.7. The number of aromatic nitrogens is 1. The fourth-order valence-corrected chi connectivity index (χ4v) is 5.20. The van der Waals surface area contributed by atoms with Gasteiger partial charge in [0.15, 0.2) is 16.3 Å². The molecular weight excluding hydrogens is 500 g/mol. The van der Waals surface area contributed by atoms with Gasteiger partial charge in [0.05, 0.1) is 41.7 Å². The Bertz CT molecular complexity index is 1500. The minimum Gasteiger partial charge on any atom is -0.493 e. The average Bonchev–Trinajstić information content (AvgIpc) is 3.14. The molecule has 0 aliphatic carbocycles. The molecule has 36 heavy (non-hydrogen) atoms. The molecule has 4 rings (SSSR count). The molecule has 0 spiro atoms. The lowest BCUT2D eigenvalue weighted by atomic mass is 9.95. The van der Waals surface area contributed by atoms with E-state index in [2.05, 4.69) is 4.99 Å². The molecule has 1 aromatic heterocycles. The topological polar surface area (TPSA) is 79.1 Å². The second-order valence-corrected chi connectivity index (χ2v) is 9.88. The fraction of sp³-hybridized carbons (Fsp3) is 0.296. The van der Waals surface area contributed by atoms with Gasteiger partial charge in [0, 0.05) is 5.02 Å². The Morgan fingerprint density at radius 2 is 1.92 bits per heavy atom. The standard InChI is InChI=1S/C27H27ClN2O5S/c1-6-34-26(32)23-16(4)29-27-30(25(31)22(36-27)13-17-7-10-19(28)11-8-17)24(23)18-9-12-20(35-15(2)3)21(14-18)33-5/h7-15,24H,6H2,1-5H3. The zero-order chi connectivity index (χ0) is 26.0. The molecule has 1 aliphatic rings. The molecule has 7 nitrogen and oxygen atoms in total. The van der Waals surface area contributed by atoms with E-state index in [1.165, 1.54) is 11.3 Å². The predicted molar refractivity (Wildman–Crippen MR) is 141 cm³/mol. The lowest BCUT2D eigenvalue weighted by Crippen LogP contribution is -2.40. The highest BCUT2D eigenvalue weighted by Gasteiger charge is 2.34. The lowest BCUT2D eigenvalue weighted by molar-refractivity contribution is -0.139. The van der Waals surface area contributed by atoms with Crippen LogP contribution in [0.4, 0.5) is 0 Å². The molecule has 9 heteroatoms. The highest BCUT2D eigenvalue weighted by molar-refractivity contribution is 7.07. The van der Waals surface area contributed by atoms with Gasteiger partial charge in [0.1, 0.15) is 0 Å². The Kier molecular flexibility index (Phi) is 7.66. The highest BCUT2D eigenvalue weighted by Crippen LogP contribution is 2.36. The third-order valence-corrected chi connectivity index (χ3v) is 6.79. The van der Waals surface area contributed by atoms with Crippen molar-refractivity contribution in [3.8, 4) is 11.5 Å². The summed E-state index contributed by atoms with van der Waals surface area (Å²) in [6, 6.07) is 11.9. The van der Waals surface area contributed by atoms with Crippen molar-refractivity contribution in [3.63, 3.8) is 0 Å². The summed E-state index contributed by atoms with van der Waals surface area (Å²) in [6.45, 7) is 7.55. The number of methoxy groups -OCH3 is 1. The maximum Gasteiger partial charge on any atom is 0.338 e. The third kappa shape index (κ3) is 5.10. The molecular formula is C27H27ClN2O5S. The summed E-state index contributed by atoms with van der Waals surface area (Å²) < 4.78 is 18.8. The third-order valence-electron chi connectivity index (χ3n) is 5.55. The number of nitrogens with zero attached hydrogens (tertiary/aromatic N) is 2. The number of rotatable bonds is 7. The molecule has 0 fully saturated rings. The Labute approximate surface area is 217 Å². The van der Waals surface area contributed by atoms with Gasteiger partial charge in [-0.05, 0) is 69.2 Å². The molecule has 0 saturated carbocycles. The van der Waals surface area contributed by atoms with E-state index < -0.39 is 12.0 Å². The van der Waals surface area contributed by atoms with E-state index in [4.69, 9.17) is 25.8 Å². The molecule has 0 amide bonds. The number of fused-ring (bicyclic) bond motifs is 1. The zero-order valence-corrected chi connectivity index (χ0v) is 22.3. The number of ether oxygens (including phenoxy) is 3. The number of thiazole rings is 1. The monoisotopic (exact) mass is 526 g/mol. The van der Waals surface area contributed by atoms with Crippen LogP contribution < -0.4 is 24.4 Å². The molecule has 0 bridgehead atoms. The van der Waals surface area contributed by atoms with E-state index in [1.807, 2.05) is 32.0 Å². The summed E-state index contributed by atoms with van der Waals surface area (Å²) in [6.07, 6.45) is 1.74. The minimum atomic E-state index is -0.741. The first-order valence-corrected chi connectivity index (χ1v) is 12.7. The normalized spacial score (nSPS) is 15.5. The van der Waals surface area contributed by atoms with Crippen molar-refractivity contribution in [1.82, 2.24) is 4.57 Å². The molecule has 3 aromatic rings. The maximum absolute atomic E-state index is 13.7. The quantitative estimate of drug-likeness (QED) is 0.430. The average molecular weight is 527 g/mol. The Balaban J connectivity index is 1.94. The second kappa shape index (κ2) is 10.7. The first-order valence-electron chi connectivity index (χ1n) is 11.5. The highest BCUT2D eigenvalue weighted by atomic mass is 35.5. The number of allylic oxidation sites excluding steroid dienone is 1. The largest absolute Gasteiger partial charge is 0.493 e. The van der Waals surface area contributed by atoms with Crippen molar-refractivity contribution in [2.75, 3.05) is 13.7 Å². The van der Waals surface area contributed by atoms with Crippen LogP contribution in [0.5, 0.6) is 11.5 Å². The summed E-state index contributed by atoms with van der Waals surface area (Å²) in [5.41, 5.74) is 2.06. The van der Waals surface area contributed by atoms with Crippen LogP contribution >= 0.6 is 22.9 Å². The van der Waals surface area contributed by atoms with E-state index in [1.54, 1.807) is 55.9 Å². The summed E-state index contributed by atoms with van der Waals surface area (Å²) in [5, 5.41) is 0.613. The van der Waals surface area contributed by atoms with Crippen LogP contribution in [0, 0.1) is 0 Å². The molecule has 0 N–H and O–H groups in total. The maximum atomic E-state index is 13.7. The van der Waals surface area contributed by atoms with Crippen molar-refractivity contribution in [2.45, 2.75) is 39.8 Å². The van der Waals surface area contributed by atoms with Crippen LogP contribution in [0.2, 0.25) is 5.02 Å². The molecule has 1 unspecified atom stereocenters. The Hall–Kier alpha value is -3.36. The van der Waals surface area contributed by atoms with Crippen LogP contribution in [0.15, 0.2) is 63.5 Å². The fourth-order valence-electron chi connectivity index (χ4n) is 4.02. The van der Waals surface area contributed by atoms with E-state index in [0.717, 1.165) is 5.56 Å². The van der Waals surface area contributed by atoms with E-state index in [0.29, 0.717) is 42.7 Å². The molecule has 2 heterocycles. The van der Waals surface area contributed by atoms with Gasteiger partial charge in [-0.15, -0.1) is 0 Å². The number of hydrogen-bond donors (Lipinski definition) is 0. The lowest BCUT2D eigenvalue weighted by Gasteiger charge is -2.25. The summed E-state index contributed by atoms with van der Waals surface area (Å²) >= 11 is 7.27. The summed E-state index contributed by atoms with van der Waals surface area (Å²) in [7, 11) is 1.55. The van der Waals surface area contributed by atoms with Crippen LogP contribution in [-0.2, 0) is 9.53 Å². The van der Waals surface area contributed by atoms with E-state index >= 15 is 0 Å². The van der Waals surface area contributed by atoms with Crippen LogP contribution in [0.25, 0.3) is 6.08 Å². The molecule has 2 aromatic carbocycles. The van der Waals surface area contributed by atoms with Gasteiger partial charge in [0.2, 0.25) is 0 Å².